The van der Waals surface area contributed by atoms with Crippen LogP contribution in [0.2, 0.25) is 0 Å². The fraction of sp³-hybridized carbons (Fsp3) is 0.885. The molecule has 0 aromatic heterocycles. The number of ether oxygens (including phenoxy) is 4. The van der Waals surface area contributed by atoms with Crippen molar-refractivity contribution in [3.05, 3.63) is 0 Å². The predicted octanol–water partition coefficient (Wildman–Crippen LogP) is 2.53. The monoisotopic (exact) mass is 498 g/mol. The third-order valence-electron chi connectivity index (χ3n) is 8.36. The second-order valence-electron chi connectivity index (χ2n) is 11.8. The summed E-state index contributed by atoms with van der Waals surface area (Å²) >= 11 is 0. The zero-order valence-corrected chi connectivity index (χ0v) is 22.2. The van der Waals surface area contributed by atoms with Crippen molar-refractivity contribution in [2.45, 2.75) is 122 Å². The average molecular weight is 499 g/mol. The molecule has 1 saturated carbocycles. The van der Waals surface area contributed by atoms with Gasteiger partial charge in [-0.05, 0) is 39.5 Å². The molecule has 0 amide bonds. The van der Waals surface area contributed by atoms with Crippen LogP contribution in [0.3, 0.4) is 0 Å². The third kappa shape index (κ3) is 5.37. The molecule has 3 rings (SSSR count). The summed E-state index contributed by atoms with van der Waals surface area (Å²) in [7, 11) is 0. The van der Waals surface area contributed by atoms with Gasteiger partial charge in [0.25, 0.3) is 0 Å². The van der Waals surface area contributed by atoms with Crippen molar-refractivity contribution >= 4 is 17.9 Å². The number of rotatable bonds is 4. The van der Waals surface area contributed by atoms with E-state index in [1.165, 1.54) is 20.8 Å². The van der Waals surface area contributed by atoms with Crippen LogP contribution in [0.1, 0.15) is 81.1 Å². The van der Waals surface area contributed by atoms with Gasteiger partial charge in [-0.1, -0.05) is 13.8 Å². The maximum Gasteiger partial charge on any atom is 0.303 e. The minimum atomic E-state index is -1.47. The topological polar surface area (TPSA) is 129 Å². The molecule has 3 aliphatic rings. The van der Waals surface area contributed by atoms with Crippen molar-refractivity contribution < 1.29 is 43.5 Å². The summed E-state index contributed by atoms with van der Waals surface area (Å²) in [4.78, 5) is 36.6. The molecule has 0 aromatic rings. The second-order valence-corrected chi connectivity index (χ2v) is 11.8. The summed E-state index contributed by atoms with van der Waals surface area (Å²) in [6.07, 6.45) is -1.95. The third-order valence-corrected chi connectivity index (χ3v) is 8.36. The zero-order chi connectivity index (χ0) is 26.5. The fourth-order valence-corrected chi connectivity index (χ4v) is 7.19. The fourth-order valence-electron chi connectivity index (χ4n) is 7.19. The van der Waals surface area contributed by atoms with Crippen LogP contribution in [-0.4, -0.2) is 69.3 Å². The predicted molar refractivity (Wildman–Crippen MR) is 125 cm³/mol. The highest BCUT2D eigenvalue weighted by atomic mass is 16.6. The molecule has 35 heavy (non-hydrogen) atoms. The molecule has 2 saturated heterocycles. The number of hydrogen-bond donors (Lipinski definition) is 2. The standard InChI is InChI=1S/C26H42O9/c1-13(2)20-17(32-14(3)27)12-26(8,35-16(5)29)22-18-11-24(6,31)19(30)9-10-25(7,34-15(4)28)23(33-18)21(20)22/h13,17-23,30-31H,9-12H2,1-8H3/t17-,18-,19+,20+,21-,22-,23-,24+,25-,26-/m1/s1. The van der Waals surface area contributed by atoms with Gasteiger partial charge in [-0.2, -0.15) is 0 Å². The normalized spacial score (nSPS) is 45.5. The van der Waals surface area contributed by atoms with Crippen LogP contribution >= 0.6 is 0 Å². The van der Waals surface area contributed by atoms with Gasteiger partial charge in [0.2, 0.25) is 0 Å². The van der Waals surface area contributed by atoms with Gasteiger partial charge in [0.05, 0.1) is 17.8 Å². The van der Waals surface area contributed by atoms with Crippen LogP contribution < -0.4 is 0 Å². The number of esters is 3. The Morgan fingerprint density at radius 2 is 1.51 bits per heavy atom. The lowest BCUT2D eigenvalue weighted by atomic mass is 9.56. The molecule has 0 unspecified atom stereocenters. The zero-order valence-electron chi connectivity index (χ0n) is 22.2. The molecule has 2 aliphatic heterocycles. The van der Waals surface area contributed by atoms with E-state index in [1.54, 1.807) is 13.8 Å². The van der Waals surface area contributed by atoms with E-state index in [2.05, 4.69) is 0 Å². The van der Waals surface area contributed by atoms with Crippen molar-refractivity contribution in [2.24, 2.45) is 23.7 Å². The summed E-state index contributed by atoms with van der Waals surface area (Å²) < 4.78 is 24.3. The number of fused-ring (bicyclic) bond motifs is 5. The number of aliphatic hydroxyl groups is 2. The van der Waals surface area contributed by atoms with Gasteiger partial charge in [-0.3, -0.25) is 14.4 Å². The highest BCUT2D eigenvalue weighted by Gasteiger charge is 2.67. The van der Waals surface area contributed by atoms with Crippen molar-refractivity contribution in [1.29, 1.82) is 0 Å². The second kappa shape index (κ2) is 9.63. The molecule has 10 atom stereocenters. The van der Waals surface area contributed by atoms with Crippen molar-refractivity contribution in [3.63, 3.8) is 0 Å². The van der Waals surface area contributed by atoms with Gasteiger partial charge in [0.1, 0.15) is 23.4 Å². The first-order valence-corrected chi connectivity index (χ1v) is 12.6. The van der Waals surface area contributed by atoms with Gasteiger partial charge in [-0.15, -0.1) is 0 Å². The Morgan fingerprint density at radius 3 is 2.03 bits per heavy atom. The first-order valence-electron chi connectivity index (χ1n) is 12.6. The largest absolute Gasteiger partial charge is 0.462 e. The Balaban J connectivity index is 2.23. The molecule has 1 aliphatic carbocycles. The molecule has 200 valence electrons. The van der Waals surface area contributed by atoms with Gasteiger partial charge in [-0.25, -0.2) is 0 Å². The average Bonchev–Trinajstić information content (AvgIpc) is 3.04. The molecule has 0 radical (unpaired) electrons. The quantitative estimate of drug-likeness (QED) is 0.444. The molecule has 0 aromatic carbocycles. The van der Waals surface area contributed by atoms with E-state index in [0.717, 1.165) is 0 Å². The van der Waals surface area contributed by atoms with Crippen molar-refractivity contribution in [2.75, 3.05) is 0 Å². The van der Waals surface area contributed by atoms with Crippen LogP contribution in [0.25, 0.3) is 0 Å². The van der Waals surface area contributed by atoms with E-state index in [4.69, 9.17) is 18.9 Å². The van der Waals surface area contributed by atoms with Crippen LogP contribution in [0.15, 0.2) is 0 Å². The Labute approximate surface area is 207 Å². The molecule has 9 heteroatoms. The SMILES string of the molecule is CC(=O)O[C@@H]1C[C@@](C)(OC(C)=O)[C@H]2[C@@H]([C@H]1C(C)C)[C@H]1O[C@@H]2C[C@](C)(O)[C@@H](O)CC[C@@]1(C)OC(C)=O. The first-order chi connectivity index (χ1) is 16.0. The molecule has 9 nitrogen and oxygen atoms in total. The molecule has 2 bridgehead atoms. The Kier molecular flexibility index (Phi) is 7.67. The Morgan fingerprint density at radius 1 is 0.943 bits per heavy atom. The van der Waals surface area contributed by atoms with E-state index in [0.29, 0.717) is 0 Å². The number of hydrogen-bond acceptors (Lipinski definition) is 9. The van der Waals surface area contributed by atoms with E-state index in [-0.39, 0.29) is 49.4 Å². The van der Waals surface area contributed by atoms with Crippen LogP contribution in [0, 0.1) is 23.7 Å². The summed E-state index contributed by atoms with van der Waals surface area (Å²) in [6.45, 7) is 13.3. The lowest BCUT2D eigenvalue weighted by Crippen LogP contribution is -2.61. The van der Waals surface area contributed by atoms with Gasteiger partial charge < -0.3 is 29.2 Å². The first kappa shape index (κ1) is 27.9. The van der Waals surface area contributed by atoms with Crippen LogP contribution in [-0.2, 0) is 33.3 Å². The van der Waals surface area contributed by atoms with E-state index >= 15 is 0 Å². The molecule has 0 spiro atoms. The lowest BCUT2D eigenvalue weighted by molar-refractivity contribution is -0.202. The van der Waals surface area contributed by atoms with E-state index in [1.807, 2.05) is 20.8 Å². The summed E-state index contributed by atoms with van der Waals surface area (Å²) in [5, 5.41) is 22.0. The summed E-state index contributed by atoms with van der Waals surface area (Å²) in [5.74, 6) is -2.18. The van der Waals surface area contributed by atoms with Crippen LogP contribution in [0.4, 0.5) is 0 Å². The van der Waals surface area contributed by atoms with Crippen molar-refractivity contribution in [1.82, 2.24) is 0 Å². The van der Waals surface area contributed by atoms with Gasteiger partial charge >= 0.3 is 17.9 Å². The van der Waals surface area contributed by atoms with Crippen molar-refractivity contribution in [3.8, 4) is 0 Å². The molecule has 2 heterocycles. The van der Waals surface area contributed by atoms with E-state index in [9.17, 15) is 24.6 Å². The molecular weight excluding hydrogens is 456 g/mol. The van der Waals surface area contributed by atoms with E-state index < -0.39 is 59.1 Å². The smallest absolute Gasteiger partial charge is 0.303 e. The number of aliphatic hydroxyl groups excluding tert-OH is 1. The minimum absolute atomic E-state index is 0.0641. The maximum absolute atomic E-state index is 12.3. The lowest BCUT2D eigenvalue weighted by Gasteiger charge is -2.53. The maximum atomic E-state index is 12.3. The number of carbonyl (C=O) groups is 3. The Bertz CT molecular complexity index is 839. The Hall–Kier alpha value is -1.71. The van der Waals surface area contributed by atoms with Crippen LogP contribution in [0.5, 0.6) is 0 Å². The highest BCUT2D eigenvalue weighted by Crippen LogP contribution is 2.59. The molecule has 3 fully saturated rings. The highest BCUT2D eigenvalue weighted by molar-refractivity contribution is 5.67. The van der Waals surface area contributed by atoms with Gasteiger partial charge in [0.15, 0.2) is 0 Å². The summed E-state index contributed by atoms with van der Waals surface area (Å²) in [5.41, 5.74) is -3.66. The number of carbonyl (C=O) groups excluding carboxylic acids is 3. The molecule has 2 N–H and O–H groups in total. The summed E-state index contributed by atoms with van der Waals surface area (Å²) in [6, 6.07) is 0. The molecular formula is C26H42O9. The minimum Gasteiger partial charge on any atom is -0.462 e. The van der Waals surface area contributed by atoms with Gasteiger partial charge in [0, 0.05) is 51.4 Å².